The lowest BCUT2D eigenvalue weighted by molar-refractivity contribution is 0.325. The summed E-state index contributed by atoms with van der Waals surface area (Å²) in [5.41, 5.74) is 1.15. The van der Waals surface area contributed by atoms with Gasteiger partial charge in [0.05, 0.1) is 12.6 Å². The van der Waals surface area contributed by atoms with E-state index in [4.69, 9.17) is 11.2 Å². The van der Waals surface area contributed by atoms with Crippen molar-refractivity contribution in [3.05, 3.63) is 35.9 Å². The summed E-state index contributed by atoms with van der Waals surface area (Å²) in [6.45, 7) is 1.37. The lowest BCUT2D eigenvalue weighted by Crippen LogP contribution is -2.28. The third kappa shape index (κ3) is 2.54. The maximum atomic E-state index is 5.37. The van der Waals surface area contributed by atoms with Gasteiger partial charge in [0.2, 0.25) is 0 Å². The number of hydrogen-bond donors (Lipinski definition) is 1. The summed E-state index contributed by atoms with van der Waals surface area (Å²) in [6.07, 6.45) is 5.99. The molecule has 3 heteroatoms. The number of nitrogens with one attached hydrogen (secondary N) is 1. The van der Waals surface area contributed by atoms with Crippen LogP contribution in [0.3, 0.4) is 0 Å². The highest BCUT2D eigenvalue weighted by atomic mass is 16.5. The summed E-state index contributed by atoms with van der Waals surface area (Å²) in [4.78, 5) is 4.20. The second kappa shape index (κ2) is 5.22. The van der Waals surface area contributed by atoms with Crippen LogP contribution < -0.4 is 5.32 Å². The lowest BCUT2D eigenvalue weighted by atomic mass is 10.0. The molecule has 1 aromatic carbocycles. The average molecular weight is 214 g/mol. The van der Waals surface area contributed by atoms with E-state index in [1.807, 2.05) is 30.3 Å². The van der Waals surface area contributed by atoms with Gasteiger partial charge in [-0.25, -0.2) is 4.99 Å². The van der Waals surface area contributed by atoms with Gasteiger partial charge in [0.15, 0.2) is 0 Å². The second-order valence-corrected chi connectivity index (χ2v) is 3.55. The average Bonchev–Trinajstić information content (AvgIpc) is 2.83. The van der Waals surface area contributed by atoms with Crippen molar-refractivity contribution in [2.45, 2.75) is 12.5 Å². The zero-order chi connectivity index (χ0) is 11.2. The molecule has 82 valence electrons. The van der Waals surface area contributed by atoms with Crippen LogP contribution in [0.5, 0.6) is 0 Å². The van der Waals surface area contributed by atoms with E-state index in [9.17, 15) is 0 Å². The van der Waals surface area contributed by atoms with Crippen LogP contribution in [-0.2, 0) is 4.74 Å². The van der Waals surface area contributed by atoms with E-state index in [0.717, 1.165) is 12.1 Å². The molecule has 2 rings (SSSR count). The second-order valence-electron chi connectivity index (χ2n) is 3.55. The number of rotatable bonds is 3. The fourth-order valence-corrected chi connectivity index (χ4v) is 1.63. The number of ether oxygens (including phenoxy) is 1. The Morgan fingerprint density at radius 2 is 2.25 bits per heavy atom. The molecule has 1 atom stereocenters. The molecule has 1 aromatic rings. The molecule has 3 nitrogen and oxygen atoms in total. The molecule has 0 fully saturated rings. The number of terminal acetylenes is 1. The molecule has 1 N–H and O–H groups in total. The Hall–Kier alpha value is -1.95. The van der Waals surface area contributed by atoms with Gasteiger partial charge in [0.1, 0.15) is 6.61 Å². The first-order valence-corrected chi connectivity index (χ1v) is 5.32. The Balaban J connectivity index is 2.08. The Bertz CT molecular complexity index is 406. The van der Waals surface area contributed by atoms with Gasteiger partial charge in [-0.05, 0) is 5.56 Å². The molecule has 0 aromatic heterocycles. The molecular formula is C13H14N2O. The van der Waals surface area contributed by atoms with Crippen LogP contribution in [-0.4, -0.2) is 19.2 Å². The number of benzene rings is 1. The standard InChI is InChI=1S/C13H14N2O/c1-2-6-12(11-7-4-3-5-8-11)15-13-14-9-10-16-13/h1,3-5,7-8,12H,6,9-10H2,(H,14,15). The molecule has 0 saturated carbocycles. The third-order valence-electron chi connectivity index (χ3n) is 2.41. The third-order valence-corrected chi connectivity index (χ3v) is 2.41. The van der Waals surface area contributed by atoms with Crippen molar-refractivity contribution < 1.29 is 4.74 Å². The maximum absolute atomic E-state index is 5.37. The summed E-state index contributed by atoms with van der Waals surface area (Å²) < 4.78 is 5.32. The largest absolute Gasteiger partial charge is 0.463 e. The van der Waals surface area contributed by atoms with E-state index in [-0.39, 0.29) is 6.04 Å². The van der Waals surface area contributed by atoms with Crippen LogP contribution >= 0.6 is 0 Å². The van der Waals surface area contributed by atoms with Gasteiger partial charge in [-0.3, -0.25) is 0 Å². The van der Waals surface area contributed by atoms with Gasteiger partial charge in [-0.1, -0.05) is 30.3 Å². The Morgan fingerprint density at radius 3 is 2.88 bits per heavy atom. The Labute approximate surface area is 95.5 Å². The smallest absolute Gasteiger partial charge is 0.285 e. The predicted molar refractivity (Wildman–Crippen MR) is 64.0 cm³/mol. The fourth-order valence-electron chi connectivity index (χ4n) is 1.63. The van der Waals surface area contributed by atoms with Crippen molar-refractivity contribution in [3.63, 3.8) is 0 Å². The van der Waals surface area contributed by atoms with E-state index >= 15 is 0 Å². The Morgan fingerprint density at radius 1 is 1.44 bits per heavy atom. The first-order chi connectivity index (χ1) is 7.90. The summed E-state index contributed by atoms with van der Waals surface area (Å²) in [7, 11) is 0. The number of aliphatic imine (C=N–C) groups is 1. The van der Waals surface area contributed by atoms with Crippen LogP contribution in [0.4, 0.5) is 0 Å². The van der Waals surface area contributed by atoms with Crippen LogP contribution in [0, 0.1) is 12.3 Å². The first kappa shape index (κ1) is 10.6. The number of amidine groups is 1. The van der Waals surface area contributed by atoms with E-state index < -0.39 is 0 Å². The van der Waals surface area contributed by atoms with Crippen LogP contribution in [0.15, 0.2) is 35.3 Å². The molecule has 1 aliphatic rings. The quantitative estimate of drug-likeness (QED) is 0.777. The highest BCUT2D eigenvalue weighted by molar-refractivity contribution is 5.75. The molecule has 0 bridgehead atoms. The minimum absolute atomic E-state index is 0.0723. The van der Waals surface area contributed by atoms with Crippen molar-refractivity contribution in [1.29, 1.82) is 0 Å². The van der Waals surface area contributed by atoms with Crippen LogP contribution in [0.1, 0.15) is 18.0 Å². The van der Waals surface area contributed by atoms with Gasteiger partial charge in [-0.15, -0.1) is 12.3 Å². The molecule has 16 heavy (non-hydrogen) atoms. The summed E-state index contributed by atoms with van der Waals surface area (Å²) in [5, 5.41) is 3.22. The summed E-state index contributed by atoms with van der Waals surface area (Å²) in [5.74, 6) is 2.67. The van der Waals surface area contributed by atoms with Crippen molar-refractivity contribution in [3.8, 4) is 12.3 Å². The van der Waals surface area contributed by atoms with E-state index in [2.05, 4.69) is 16.2 Å². The number of hydrogen-bond acceptors (Lipinski definition) is 3. The van der Waals surface area contributed by atoms with Gasteiger partial charge >= 0.3 is 0 Å². The number of nitrogens with zero attached hydrogens (tertiary/aromatic N) is 1. The fraction of sp³-hybridized carbons (Fsp3) is 0.308. The molecule has 1 unspecified atom stereocenters. The van der Waals surface area contributed by atoms with Gasteiger partial charge in [0, 0.05) is 6.42 Å². The Kier molecular flexibility index (Phi) is 3.45. The van der Waals surface area contributed by atoms with E-state index in [1.165, 1.54) is 0 Å². The molecule has 0 spiro atoms. The highest BCUT2D eigenvalue weighted by Crippen LogP contribution is 2.16. The molecule has 0 aliphatic carbocycles. The molecule has 0 radical (unpaired) electrons. The minimum atomic E-state index is 0.0723. The van der Waals surface area contributed by atoms with Crippen molar-refractivity contribution >= 4 is 6.02 Å². The zero-order valence-electron chi connectivity index (χ0n) is 9.02. The van der Waals surface area contributed by atoms with Crippen LogP contribution in [0.25, 0.3) is 0 Å². The summed E-state index contributed by atoms with van der Waals surface area (Å²) in [6, 6.07) is 10.7. The first-order valence-electron chi connectivity index (χ1n) is 5.32. The SMILES string of the molecule is C#CCC(NC1=NCCO1)c1ccccc1. The van der Waals surface area contributed by atoms with Crippen molar-refractivity contribution in [1.82, 2.24) is 5.32 Å². The maximum Gasteiger partial charge on any atom is 0.285 e. The van der Waals surface area contributed by atoms with Crippen molar-refractivity contribution in [2.24, 2.45) is 4.99 Å². The van der Waals surface area contributed by atoms with Crippen LogP contribution in [0.2, 0.25) is 0 Å². The van der Waals surface area contributed by atoms with Gasteiger partial charge in [0.25, 0.3) is 6.02 Å². The van der Waals surface area contributed by atoms with Crippen molar-refractivity contribution in [2.75, 3.05) is 13.2 Å². The predicted octanol–water partition coefficient (Wildman–Crippen LogP) is 1.73. The molecule has 0 amide bonds. The monoisotopic (exact) mass is 214 g/mol. The van der Waals surface area contributed by atoms with E-state index in [0.29, 0.717) is 19.0 Å². The van der Waals surface area contributed by atoms with Gasteiger partial charge in [-0.2, -0.15) is 0 Å². The normalized spacial score (nSPS) is 15.8. The molecule has 1 heterocycles. The van der Waals surface area contributed by atoms with E-state index in [1.54, 1.807) is 0 Å². The zero-order valence-corrected chi connectivity index (χ0v) is 9.02. The lowest BCUT2D eigenvalue weighted by Gasteiger charge is -2.17. The topological polar surface area (TPSA) is 33.6 Å². The molecule has 1 aliphatic heterocycles. The molecular weight excluding hydrogens is 200 g/mol. The molecule has 0 saturated heterocycles. The summed E-state index contributed by atoms with van der Waals surface area (Å²) >= 11 is 0. The highest BCUT2D eigenvalue weighted by Gasteiger charge is 2.14. The minimum Gasteiger partial charge on any atom is -0.463 e. The van der Waals surface area contributed by atoms with Gasteiger partial charge < -0.3 is 10.1 Å².